The van der Waals surface area contributed by atoms with Crippen LogP contribution in [0.1, 0.15) is 59.3 Å². The molecular formula is C27H35ClFN5O3. The van der Waals surface area contributed by atoms with Crippen LogP contribution in [0.4, 0.5) is 15.0 Å². The highest BCUT2D eigenvalue weighted by atomic mass is 35.5. The molecule has 4 fully saturated rings. The number of rotatable bonds is 4. The lowest BCUT2D eigenvalue weighted by molar-refractivity contribution is 0.0122. The number of carbonyl (C=O) groups excluding carboxylic acids is 1. The van der Waals surface area contributed by atoms with Gasteiger partial charge in [-0.3, -0.25) is 9.80 Å². The van der Waals surface area contributed by atoms with E-state index >= 15 is 4.39 Å². The van der Waals surface area contributed by atoms with E-state index in [1.54, 1.807) is 6.20 Å². The van der Waals surface area contributed by atoms with E-state index in [0.717, 1.165) is 38.8 Å². The summed E-state index contributed by atoms with van der Waals surface area (Å²) in [6.07, 6.45) is 7.70. The Morgan fingerprint density at radius 2 is 1.86 bits per heavy atom. The number of nitrogens with zero attached hydrogens (tertiary/aromatic N) is 5. The lowest BCUT2D eigenvalue weighted by Crippen LogP contribution is -2.57. The van der Waals surface area contributed by atoms with Gasteiger partial charge in [0.05, 0.1) is 23.0 Å². The highest BCUT2D eigenvalue weighted by Crippen LogP contribution is 2.41. The predicted molar refractivity (Wildman–Crippen MR) is 140 cm³/mol. The van der Waals surface area contributed by atoms with Gasteiger partial charge in [0.25, 0.3) is 0 Å². The van der Waals surface area contributed by atoms with Crippen molar-refractivity contribution in [1.82, 2.24) is 19.8 Å². The van der Waals surface area contributed by atoms with Crippen molar-refractivity contribution >= 4 is 34.4 Å². The summed E-state index contributed by atoms with van der Waals surface area (Å²) in [5, 5.41) is 0.328. The Balaban J connectivity index is 1.29. The first-order chi connectivity index (χ1) is 17.6. The number of anilines is 1. The number of piperazine rings is 1. The Kier molecular flexibility index (Phi) is 6.14. The molecule has 0 aromatic carbocycles. The minimum atomic E-state index is -0.636. The molecule has 37 heavy (non-hydrogen) atoms. The van der Waals surface area contributed by atoms with Gasteiger partial charge >= 0.3 is 6.09 Å². The van der Waals surface area contributed by atoms with E-state index in [0.29, 0.717) is 36.6 Å². The summed E-state index contributed by atoms with van der Waals surface area (Å²) < 4.78 is 27.3. The minimum Gasteiger partial charge on any atom is -0.491 e. The third-order valence-corrected chi connectivity index (χ3v) is 8.68. The van der Waals surface area contributed by atoms with Crippen molar-refractivity contribution in [1.29, 1.82) is 0 Å². The number of ether oxygens (including phenoxy) is 2. The molecule has 0 N–H and O–H groups in total. The highest BCUT2D eigenvalue weighted by Gasteiger charge is 2.46. The average molecular weight is 532 g/mol. The molecule has 10 heteroatoms. The van der Waals surface area contributed by atoms with Crippen LogP contribution in [0.3, 0.4) is 0 Å². The first kappa shape index (κ1) is 24.9. The van der Waals surface area contributed by atoms with Crippen LogP contribution in [-0.4, -0.2) is 81.9 Å². The summed E-state index contributed by atoms with van der Waals surface area (Å²) in [5.41, 5.74) is -0.313. The van der Waals surface area contributed by atoms with Gasteiger partial charge in [-0.15, -0.1) is 0 Å². The van der Waals surface area contributed by atoms with Crippen molar-refractivity contribution < 1.29 is 18.7 Å². The Hall–Kier alpha value is -2.39. The fourth-order valence-corrected chi connectivity index (χ4v) is 6.88. The van der Waals surface area contributed by atoms with Crippen molar-refractivity contribution in [2.24, 2.45) is 0 Å². The van der Waals surface area contributed by atoms with Crippen LogP contribution < -0.4 is 9.64 Å². The molecule has 2 unspecified atom stereocenters. The van der Waals surface area contributed by atoms with Crippen LogP contribution in [0.25, 0.3) is 10.9 Å². The van der Waals surface area contributed by atoms with E-state index in [4.69, 9.17) is 26.1 Å². The van der Waals surface area contributed by atoms with Crippen molar-refractivity contribution in [3.8, 4) is 5.75 Å². The number of carbonyl (C=O) groups is 1. The van der Waals surface area contributed by atoms with E-state index in [1.165, 1.54) is 12.8 Å². The number of pyridine rings is 2. The van der Waals surface area contributed by atoms with Crippen LogP contribution in [0, 0.1) is 5.82 Å². The zero-order chi connectivity index (χ0) is 25.9. The fraction of sp³-hybridized carbons (Fsp3) is 0.667. The Morgan fingerprint density at radius 1 is 1.19 bits per heavy atom. The van der Waals surface area contributed by atoms with Crippen molar-refractivity contribution in [3.05, 3.63) is 23.2 Å². The molecule has 8 nitrogen and oxygen atoms in total. The number of hydrogen-bond acceptors (Lipinski definition) is 7. The molecule has 2 aromatic heterocycles. The lowest BCUT2D eigenvalue weighted by Gasteiger charge is -2.42. The van der Waals surface area contributed by atoms with Gasteiger partial charge in [-0.2, -0.15) is 0 Å². The van der Waals surface area contributed by atoms with Crippen molar-refractivity contribution in [3.63, 3.8) is 0 Å². The maximum Gasteiger partial charge on any atom is 0.410 e. The number of aromatic nitrogens is 2. The van der Waals surface area contributed by atoms with Gasteiger partial charge in [0.1, 0.15) is 29.3 Å². The summed E-state index contributed by atoms with van der Waals surface area (Å²) in [6.45, 7) is 9.64. The molecule has 1 amide bonds. The van der Waals surface area contributed by atoms with Crippen LogP contribution >= 0.6 is 11.6 Å². The Bertz CT molecular complexity index is 1200. The molecule has 4 aliphatic heterocycles. The van der Waals surface area contributed by atoms with Crippen LogP contribution in [-0.2, 0) is 4.74 Å². The lowest BCUT2D eigenvalue weighted by atomic mass is 9.95. The fourth-order valence-electron chi connectivity index (χ4n) is 6.74. The smallest absolute Gasteiger partial charge is 0.410 e. The summed E-state index contributed by atoms with van der Waals surface area (Å²) in [6, 6.07) is 1.95. The van der Waals surface area contributed by atoms with Gasteiger partial charge in [0.2, 0.25) is 0 Å². The second-order valence-corrected chi connectivity index (χ2v) is 12.3. The van der Waals surface area contributed by atoms with Crippen LogP contribution in [0.5, 0.6) is 5.75 Å². The minimum absolute atomic E-state index is 0.0192. The highest BCUT2D eigenvalue weighted by molar-refractivity contribution is 6.30. The number of fused-ring (bicyclic) bond motifs is 4. The molecule has 6 heterocycles. The summed E-state index contributed by atoms with van der Waals surface area (Å²) in [7, 11) is 0. The third-order valence-electron chi connectivity index (χ3n) is 8.42. The molecule has 0 spiro atoms. The maximum atomic E-state index is 15.2. The van der Waals surface area contributed by atoms with Crippen molar-refractivity contribution in [2.45, 2.75) is 82.5 Å². The second-order valence-electron chi connectivity index (χ2n) is 12.0. The van der Waals surface area contributed by atoms with E-state index < -0.39 is 11.4 Å². The molecule has 0 saturated carbocycles. The maximum absolute atomic E-state index is 15.2. The normalized spacial score (nSPS) is 25.1. The monoisotopic (exact) mass is 531 g/mol. The molecule has 2 atom stereocenters. The molecule has 2 aromatic rings. The number of amides is 1. The van der Waals surface area contributed by atoms with Crippen LogP contribution in [0.15, 0.2) is 12.3 Å². The third kappa shape index (κ3) is 4.48. The van der Waals surface area contributed by atoms with Gasteiger partial charge < -0.3 is 14.4 Å². The van der Waals surface area contributed by atoms with E-state index in [1.807, 2.05) is 31.7 Å². The van der Waals surface area contributed by atoms with E-state index in [9.17, 15) is 4.79 Å². The first-order valence-electron chi connectivity index (χ1n) is 13.4. The van der Waals surface area contributed by atoms with Gasteiger partial charge in [0, 0.05) is 25.4 Å². The van der Waals surface area contributed by atoms with E-state index in [2.05, 4.69) is 14.8 Å². The molecule has 4 saturated heterocycles. The Morgan fingerprint density at radius 3 is 2.51 bits per heavy atom. The quantitative estimate of drug-likeness (QED) is 0.513. The first-order valence-corrected chi connectivity index (χ1v) is 13.8. The second kappa shape index (κ2) is 9.12. The van der Waals surface area contributed by atoms with Gasteiger partial charge in [-0.1, -0.05) is 11.6 Å². The van der Waals surface area contributed by atoms with Gasteiger partial charge in [-0.05, 0) is 72.4 Å². The molecule has 0 aliphatic carbocycles. The standard InChI is InChI=1S/C27H35ClFN5O3/c1-26(2,3)37-25(35)34-17-6-7-18(34)15-32(14-17)21-12-20(19-13-30-24(28)22(29)23(19)31-21)36-16-27-8-4-10-33(27)11-5-9-27/h12-13,17-18H,4-11,14-16H2,1-3H3. The molecule has 2 bridgehead atoms. The van der Waals surface area contributed by atoms with Gasteiger partial charge in [0.15, 0.2) is 11.0 Å². The summed E-state index contributed by atoms with van der Waals surface area (Å²) in [4.78, 5) is 28.2. The molecule has 200 valence electrons. The van der Waals surface area contributed by atoms with Crippen molar-refractivity contribution in [2.75, 3.05) is 37.7 Å². The number of hydrogen-bond donors (Lipinski definition) is 0. The van der Waals surface area contributed by atoms with Gasteiger partial charge in [-0.25, -0.2) is 19.2 Å². The largest absolute Gasteiger partial charge is 0.491 e. The molecule has 0 radical (unpaired) electrons. The molecule has 4 aliphatic rings. The zero-order valence-corrected chi connectivity index (χ0v) is 22.6. The molecule has 6 rings (SSSR count). The zero-order valence-electron chi connectivity index (χ0n) is 21.8. The average Bonchev–Trinajstić information content (AvgIpc) is 3.49. The summed E-state index contributed by atoms with van der Waals surface area (Å²) in [5.74, 6) is 0.581. The predicted octanol–water partition coefficient (Wildman–Crippen LogP) is 5.02. The summed E-state index contributed by atoms with van der Waals surface area (Å²) >= 11 is 6.05. The number of halogens is 2. The SMILES string of the molecule is CC(C)(C)OC(=O)N1C2CCC1CN(c1cc(OCC34CCCN3CCC4)c3cnc(Cl)c(F)c3n1)C2. The van der Waals surface area contributed by atoms with E-state index in [-0.39, 0.29) is 34.4 Å². The Labute approximate surface area is 222 Å². The molecular weight excluding hydrogens is 497 g/mol. The topological polar surface area (TPSA) is 71.0 Å². The van der Waals surface area contributed by atoms with Crippen LogP contribution in [0.2, 0.25) is 5.15 Å².